The number of nitrogens with two attached hydrogens (primary N) is 1. The highest BCUT2D eigenvalue weighted by Crippen LogP contribution is 2.49. The van der Waals surface area contributed by atoms with Crippen LogP contribution in [-0.4, -0.2) is 25.0 Å². The van der Waals surface area contributed by atoms with Gasteiger partial charge < -0.3 is 5.73 Å². The molecule has 0 radical (unpaired) electrons. The Kier molecular flexibility index (Phi) is 1.36. The van der Waals surface area contributed by atoms with E-state index in [9.17, 15) is 8.42 Å². The van der Waals surface area contributed by atoms with E-state index in [0.29, 0.717) is 6.54 Å². The lowest BCUT2D eigenvalue weighted by atomic mass is 10.4. The van der Waals surface area contributed by atoms with Crippen LogP contribution < -0.4 is 5.73 Å². The van der Waals surface area contributed by atoms with Crippen LogP contribution in [0.3, 0.4) is 0 Å². The first kappa shape index (κ1) is 7.55. The maximum Gasteiger partial charge on any atom is 0.160 e. The first-order chi connectivity index (χ1) is 5.12. The molecule has 0 heterocycles. The Morgan fingerprint density at radius 3 is 2.18 bits per heavy atom. The van der Waals surface area contributed by atoms with Gasteiger partial charge in [-0.3, -0.25) is 0 Å². The predicted molar refractivity (Wildman–Crippen MR) is 43.0 cm³/mol. The molecule has 2 rings (SSSR count). The molecule has 0 amide bonds. The Hall–Kier alpha value is -0.0900. The smallest absolute Gasteiger partial charge is 0.160 e. The lowest BCUT2D eigenvalue weighted by Crippen LogP contribution is -2.34. The van der Waals surface area contributed by atoms with Crippen molar-refractivity contribution < 1.29 is 8.42 Å². The van der Waals surface area contributed by atoms with E-state index in [1.54, 1.807) is 0 Å². The van der Waals surface area contributed by atoms with Gasteiger partial charge in [-0.25, -0.2) is 8.42 Å². The molecule has 0 aromatic carbocycles. The van der Waals surface area contributed by atoms with E-state index in [1.807, 2.05) is 0 Å². The third-order valence-electron chi connectivity index (χ3n) is 2.75. The van der Waals surface area contributed by atoms with Crippen LogP contribution in [0, 0.1) is 0 Å². The van der Waals surface area contributed by atoms with Crippen molar-refractivity contribution in [1.29, 1.82) is 0 Å². The lowest BCUT2D eigenvalue weighted by Gasteiger charge is -2.11. The van der Waals surface area contributed by atoms with Crippen LogP contribution in [-0.2, 0) is 9.84 Å². The van der Waals surface area contributed by atoms with Crippen molar-refractivity contribution in [2.75, 3.05) is 6.54 Å². The van der Waals surface area contributed by atoms with Gasteiger partial charge in [0.2, 0.25) is 0 Å². The molecule has 0 atom stereocenters. The zero-order valence-corrected chi connectivity index (χ0v) is 7.23. The summed E-state index contributed by atoms with van der Waals surface area (Å²) in [7, 11) is -2.83. The maximum absolute atomic E-state index is 11.6. The van der Waals surface area contributed by atoms with Gasteiger partial charge in [0.05, 0.1) is 10.00 Å². The van der Waals surface area contributed by atoms with Gasteiger partial charge in [-0.05, 0) is 25.7 Å². The largest absolute Gasteiger partial charge is 0.329 e. The molecule has 2 saturated carbocycles. The summed E-state index contributed by atoms with van der Waals surface area (Å²) in [5, 5.41) is -0.0338. The third-order valence-corrected chi connectivity index (χ3v) is 5.88. The van der Waals surface area contributed by atoms with Crippen LogP contribution in [0.25, 0.3) is 0 Å². The predicted octanol–water partition coefficient (Wildman–Crippen LogP) is 0.0549. The first-order valence-corrected chi connectivity index (χ1v) is 5.60. The number of hydrogen-bond acceptors (Lipinski definition) is 3. The summed E-state index contributed by atoms with van der Waals surface area (Å²) >= 11 is 0. The summed E-state index contributed by atoms with van der Waals surface area (Å²) in [5.41, 5.74) is 5.44. The van der Waals surface area contributed by atoms with Crippen molar-refractivity contribution in [3.05, 3.63) is 0 Å². The molecule has 0 bridgehead atoms. The number of sulfone groups is 1. The minimum atomic E-state index is -2.83. The summed E-state index contributed by atoms with van der Waals surface area (Å²) in [6, 6.07) is 0. The van der Waals surface area contributed by atoms with Gasteiger partial charge in [-0.1, -0.05) is 0 Å². The van der Waals surface area contributed by atoms with Gasteiger partial charge in [0.25, 0.3) is 0 Å². The maximum atomic E-state index is 11.6. The summed E-state index contributed by atoms with van der Waals surface area (Å²) < 4.78 is 22.8. The van der Waals surface area contributed by atoms with Crippen molar-refractivity contribution in [3.63, 3.8) is 0 Å². The third kappa shape index (κ3) is 0.924. The quantitative estimate of drug-likeness (QED) is 0.659. The van der Waals surface area contributed by atoms with Gasteiger partial charge in [0, 0.05) is 6.54 Å². The second-order valence-corrected chi connectivity index (χ2v) is 6.25. The van der Waals surface area contributed by atoms with Crippen molar-refractivity contribution in [2.24, 2.45) is 5.73 Å². The standard InChI is InChI=1S/C7H13NO2S/c8-5-7(3-4-7)11(9,10)6-1-2-6/h6H,1-5,8H2. The summed E-state index contributed by atoms with van der Waals surface area (Å²) in [5.74, 6) is 0. The fraction of sp³-hybridized carbons (Fsp3) is 1.00. The molecule has 0 unspecified atom stereocenters. The van der Waals surface area contributed by atoms with Crippen LogP contribution in [0.1, 0.15) is 25.7 Å². The molecule has 2 N–H and O–H groups in total. The Bertz CT molecular complexity index is 262. The Labute approximate surface area is 66.9 Å². The van der Waals surface area contributed by atoms with E-state index in [-0.39, 0.29) is 5.25 Å². The molecule has 11 heavy (non-hydrogen) atoms. The number of hydrogen-bond donors (Lipinski definition) is 1. The fourth-order valence-corrected chi connectivity index (χ4v) is 3.84. The average Bonchev–Trinajstić information content (AvgIpc) is 2.85. The van der Waals surface area contributed by atoms with Crippen molar-refractivity contribution in [2.45, 2.75) is 35.7 Å². The fourth-order valence-electron chi connectivity index (χ4n) is 1.48. The normalized spacial score (nSPS) is 28.5. The molecule has 2 aliphatic carbocycles. The van der Waals surface area contributed by atoms with Crippen molar-refractivity contribution in [1.82, 2.24) is 0 Å². The van der Waals surface area contributed by atoms with Gasteiger partial charge in [0.15, 0.2) is 9.84 Å². The Balaban J connectivity index is 2.25. The van der Waals surface area contributed by atoms with Crippen LogP contribution in [0.15, 0.2) is 0 Å². The zero-order chi connectivity index (χ0) is 8.11. The summed E-state index contributed by atoms with van der Waals surface area (Å²) in [6.07, 6.45) is 3.32. The molecule has 0 aromatic heterocycles. The van der Waals surface area contributed by atoms with Crippen LogP contribution >= 0.6 is 0 Å². The highest BCUT2D eigenvalue weighted by Gasteiger charge is 2.58. The molecule has 0 aromatic rings. The van der Waals surface area contributed by atoms with E-state index in [1.165, 1.54) is 0 Å². The minimum absolute atomic E-state index is 0.0338. The molecule has 0 aliphatic heterocycles. The SMILES string of the molecule is NCC1(S(=O)(=O)C2CC2)CC1. The van der Waals surface area contributed by atoms with E-state index in [0.717, 1.165) is 25.7 Å². The molecular formula is C7H13NO2S. The summed E-state index contributed by atoms with van der Waals surface area (Å²) in [4.78, 5) is 0. The van der Waals surface area contributed by atoms with E-state index in [2.05, 4.69) is 0 Å². The Morgan fingerprint density at radius 1 is 1.36 bits per heavy atom. The molecule has 0 spiro atoms. The average molecular weight is 175 g/mol. The van der Waals surface area contributed by atoms with Crippen molar-refractivity contribution in [3.8, 4) is 0 Å². The highest BCUT2D eigenvalue weighted by molar-refractivity contribution is 7.94. The monoisotopic (exact) mass is 175 g/mol. The van der Waals surface area contributed by atoms with Crippen LogP contribution in [0.2, 0.25) is 0 Å². The number of rotatable bonds is 3. The minimum Gasteiger partial charge on any atom is -0.329 e. The van der Waals surface area contributed by atoms with E-state index in [4.69, 9.17) is 5.73 Å². The first-order valence-electron chi connectivity index (χ1n) is 4.06. The van der Waals surface area contributed by atoms with Gasteiger partial charge in [-0.2, -0.15) is 0 Å². The molecule has 3 nitrogen and oxygen atoms in total. The molecule has 64 valence electrons. The zero-order valence-electron chi connectivity index (χ0n) is 6.41. The molecule has 4 heteroatoms. The lowest BCUT2D eigenvalue weighted by molar-refractivity contribution is 0.576. The molecule has 2 aliphatic rings. The van der Waals surface area contributed by atoms with E-state index < -0.39 is 14.6 Å². The highest BCUT2D eigenvalue weighted by atomic mass is 32.2. The van der Waals surface area contributed by atoms with Gasteiger partial charge in [0.1, 0.15) is 0 Å². The Morgan fingerprint density at radius 2 is 1.91 bits per heavy atom. The molecule has 2 fully saturated rings. The second-order valence-electron chi connectivity index (χ2n) is 3.63. The summed E-state index contributed by atoms with van der Waals surface area (Å²) in [6.45, 7) is 0.325. The topological polar surface area (TPSA) is 60.2 Å². The molecule has 0 saturated heterocycles. The van der Waals surface area contributed by atoms with Crippen molar-refractivity contribution >= 4 is 9.84 Å². The second kappa shape index (κ2) is 1.98. The van der Waals surface area contributed by atoms with Gasteiger partial charge in [-0.15, -0.1) is 0 Å². The van der Waals surface area contributed by atoms with Crippen LogP contribution in [0.5, 0.6) is 0 Å². The van der Waals surface area contributed by atoms with E-state index >= 15 is 0 Å². The van der Waals surface area contributed by atoms with Gasteiger partial charge >= 0.3 is 0 Å². The van der Waals surface area contributed by atoms with Crippen LogP contribution in [0.4, 0.5) is 0 Å². The molecular weight excluding hydrogens is 162 g/mol.